The lowest BCUT2D eigenvalue weighted by Gasteiger charge is -2.29. The number of carbonyl (C=O) groups is 2. The van der Waals surface area contributed by atoms with Gasteiger partial charge in [-0.2, -0.15) is 0 Å². The Kier molecular flexibility index (Phi) is 8.72. The monoisotopic (exact) mass is 470 g/mol. The van der Waals surface area contributed by atoms with Crippen LogP contribution in [0.2, 0.25) is 0 Å². The first-order chi connectivity index (χ1) is 16.4. The van der Waals surface area contributed by atoms with Crippen LogP contribution in [0.15, 0.2) is 60.8 Å². The molecule has 9 nitrogen and oxygen atoms in total. The molecule has 1 aromatic heterocycles. The highest BCUT2D eigenvalue weighted by atomic mass is 19.1. The Morgan fingerprint density at radius 1 is 1.15 bits per heavy atom. The molecular formula is C24H27FN4O5. The Morgan fingerprint density at radius 3 is 2.65 bits per heavy atom. The van der Waals surface area contributed by atoms with Crippen LogP contribution >= 0.6 is 0 Å². The fourth-order valence-electron chi connectivity index (χ4n) is 3.31. The maximum Gasteiger partial charge on any atom is 0.412 e. The highest BCUT2D eigenvalue weighted by Gasteiger charge is 2.24. The number of fused-ring (bicyclic) bond motifs is 1. The number of halogens is 1. The van der Waals surface area contributed by atoms with Crippen molar-refractivity contribution in [3.8, 4) is 0 Å². The standard InChI is InChI=1S/C24H27FN4O5/c1-29(23(32)27-12-16-5-4-8-19(25)9-16)20(11-21(31)14-30)15-34-24(33)28-22-10-17-6-2-3-7-18(17)13-26-22/h2-10,13,20-21,30-31H,11-12,14-15H2,1H3,(H,27,32)(H,26,28,33)/t20-,21?/m0/s1. The molecule has 3 aromatic rings. The van der Waals surface area contributed by atoms with Gasteiger partial charge < -0.3 is 25.2 Å². The van der Waals surface area contributed by atoms with Crippen LogP contribution in [0, 0.1) is 5.82 Å². The zero-order chi connectivity index (χ0) is 24.5. The minimum absolute atomic E-state index is 0.0259. The number of aromatic nitrogens is 1. The maximum absolute atomic E-state index is 13.3. The summed E-state index contributed by atoms with van der Waals surface area (Å²) in [6.07, 6.45) is -0.290. The Morgan fingerprint density at radius 2 is 1.91 bits per heavy atom. The van der Waals surface area contributed by atoms with Crippen molar-refractivity contribution in [2.45, 2.75) is 25.1 Å². The van der Waals surface area contributed by atoms with Crippen molar-refractivity contribution in [1.82, 2.24) is 15.2 Å². The number of urea groups is 1. The van der Waals surface area contributed by atoms with Crippen molar-refractivity contribution in [3.05, 3.63) is 72.2 Å². The zero-order valence-corrected chi connectivity index (χ0v) is 18.6. The van der Waals surface area contributed by atoms with Crippen molar-refractivity contribution in [1.29, 1.82) is 0 Å². The van der Waals surface area contributed by atoms with Gasteiger partial charge in [-0.15, -0.1) is 0 Å². The Labute approximate surface area is 196 Å². The third-order valence-electron chi connectivity index (χ3n) is 5.22. The van der Waals surface area contributed by atoms with Gasteiger partial charge in [0.1, 0.15) is 18.2 Å². The molecule has 1 unspecified atom stereocenters. The number of aliphatic hydroxyl groups is 2. The molecule has 4 N–H and O–H groups in total. The molecule has 0 bridgehead atoms. The minimum atomic E-state index is -1.11. The number of hydrogen-bond donors (Lipinski definition) is 4. The second kappa shape index (κ2) is 11.9. The quantitative estimate of drug-likeness (QED) is 0.381. The summed E-state index contributed by atoms with van der Waals surface area (Å²) in [6, 6.07) is 13.8. The van der Waals surface area contributed by atoms with Crippen LogP contribution in [0.3, 0.4) is 0 Å². The smallest absolute Gasteiger partial charge is 0.412 e. The highest BCUT2D eigenvalue weighted by Crippen LogP contribution is 2.16. The number of amides is 3. The van der Waals surface area contributed by atoms with E-state index in [0.29, 0.717) is 11.4 Å². The number of likely N-dealkylation sites (N-methyl/N-ethyl adjacent to an activating group) is 1. The Bertz CT molecular complexity index is 1130. The van der Waals surface area contributed by atoms with Gasteiger partial charge >= 0.3 is 12.1 Å². The number of ether oxygens (including phenoxy) is 1. The van der Waals surface area contributed by atoms with Crippen LogP contribution in [0.4, 0.5) is 19.8 Å². The number of benzene rings is 2. The van der Waals surface area contributed by atoms with E-state index in [4.69, 9.17) is 4.74 Å². The lowest BCUT2D eigenvalue weighted by atomic mass is 10.1. The van der Waals surface area contributed by atoms with Crippen LogP contribution in [0.5, 0.6) is 0 Å². The molecule has 10 heteroatoms. The van der Waals surface area contributed by atoms with Crippen LogP contribution in [0.25, 0.3) is 10.8 Å². The second-order valence-electron chi connectivity index (χ2n) is 7.77. The number of nitrogens with zero attached hydrogens (tertiary/aromatic N) is 2. The largest absolute Gasteiger partial charge is 0.447 e. The topological polar surface area (TPSA) is 124 Å². The van der Waals surface area contributed by atoms with Gasteiger partial charge in [0.15, 0.2) is 0 Å². The molecule has 0 fully saturated rings. The zero-order valence-electron chi connectivity index (χ0n) is 18.6. The van der Waals surface area contributed by atoms with Crippen molar-refractivity contribution in [2.75, 3.05) is 25.6 Å². The summed E-state index contributed by atoms with van der Waals surface area (Å²) in [4.78, 5) is 30.3. The van der Waals surface area contributed by atoms with Gasteiger partial charge in [-0.3, -0.25) is 5.32 Å². The summed E-state index contributed by atoms with van der Waals surface area (Å²) in [5, 5.41) is 26.1. The summed E-state index contributed by atoms with van der Waals surface area (Å²) in [5.41, 5.74) is 0.576. The van der Waals surface area contributed by atoms with E-state index in [2.05, 4.69) is 15.6 Å². The lowest BCUT2D eigenvalue weighted by molar-refractivity contribution is 0.0480. The molecule has 0 aliphatic rings. The normalized spacial score (nSPS) is 12.6. The molecule has 3 rings (SSSR count). The molecule has 0 aliphatic carbocycles. The van der Waals surface area contributed by atoms with Gasteiger partial charge in [-0.25, -0.2) is 19.0 Å². The number of anilines is 1. The van der Waals surface area contributed by atoms with E-state index in [9.17, 15) is 24.2 Å². The van der Waals surface area contributed by atoms with E-state index in [0.717, 1.165) is 10.8 Å². The molecule has 0 spiro atoms. The molecule has 2 atom stereocenters. The molecule has 34 heavy (non-hydrogen) atoms. The van der Waals surface area contributed by atoms with Gasteiger partial charge in [0.05, 0.1) is 18.8 Å². The van der Waals surface area contributed by atoms with Gasteiger partial charge in [-0.05, 0) is 35.6 Å². The first-order valence-electron chi connectivity index (χ1n) is 10.7. The van der Waals surface area contributed by atoms with E-state index in [-0.39, 0.29) is 19.6 Å². The molecule has 0 aliphatic heterocycles. The molecule has 180 valence electrons. The van der Waals surface area contributed by atoms with E-state index in [1.165, 1.54) is 30.1 Å². The van der Waals surface area contributed by atoms with Crippen LogP contribution in [0.1, 0.15) is 12.0 Å². The average molecular weight is 471 g/mol. The summed E-state index contributed by atoms with van der Waals surface area (Å²) >= 11 is 0. The first kappa shape index (κ1) is 24.9. The van der Waals surface area contributed by atoms with Gasteiger partial charge in [-0.1, -0.05) is 36.4 Å². The van der Waals surface area contributed by atoms with Gasteiger partial charge in [0.25, 0.3) is 0 Å². The summed E-state index contributed by atoms with van der Waals surface area (Å²) in [7, 11) is 1.47. The molecule has 2 aromatic carbocycles. The first-order valence-corrected chi connectivity index (χ1v) is 10.7. The van der Waals surface area contributed by atoms with Crippen molar-refractivity contribution in [3.63, 3.8) is 0 Å². The summed E-state index contributed by atoms with van der Waals surface area (Å²) < 4.78 is 18.6. The Balaban J connectivity index is 1.57. The van der Waals surface area contributed by atoms with E-state index < -0.39 is 36.7 Å². The van der Waals surface area contributed by atoms with Gasteiger partial charge in [0, 0.05) is 25.2 Å². The molecule has 0 saturated heterocycles. The predicted molar refractivity (Wildman–Crippen MR) is 125 cm³/mol. The molecule has 3 amide bonds. The molecule has 0 saturated carbocycles. The third kappa shape index (κ3) is 7.12. The summed E-state index contributed by atoms with van der Waals surface area (Å²) in [6.45, 7) is -0.659. The van der Waals surface area contributed by atoms with Crippen LogP contribution in [-0.4, -0.2) is 64.6 Å². The summed E-state index contributed by atoms with van der Waals surface area (Å²) in [5.74, 6) is -0.110. The number of hydrogen-bond acceptors (Lipinski definition) is 6. The van der Waals surface area contributed by atoms with E-state index in [1.54, 1.807) is 18.3 Å². The van der Waals surface area contributed by atoms with Crippen molar-refractivity contribution < 1.29 is 28.9 Å². The average Bonchev–Trinajstić information content (AvgIpc) is 2.84. The van der Waals surface area contributed by atoms with Crippen LogP contribution in [-0.2, 0) is 11.3 Å². The number of carbonyl (C=O) groups excluding carboxylic acids is 2. The minimum Gasteiger partial charge on any atom is -0.447 e. The second-order valence-corrected chi connectivity index (χ2v) is 7.77. The van der Waals surface area contributed by atoms with E-state index >= 15 is 0 Å². The molecule has 0 radical (unpaired) electrons. The number of pyridine rings is 1. The molecular weight excluding hydrogens is 443 g/mol. The van der Waals surface area contributed by atoms with Crippen LogP contribution < -0.4 is 10.6 Å². The third-order valence-corrected chi connectivity index (χ3v) is 5.22. The molecule has 1 heterocycles. The predicted octanol–water partition coefficient (Wildman–Crippen LogP) is 2.88. The van der Waals surface area contributed by atoms with E-state index in [1.807, 2.05) is 24.3 Å². The number of rotatable bonds is 9. The fourth-order valence-corrected chi connectivity index (χ4v) is 3.31. The number of aliphatic hydroxyl groups excluding tert-OH is 2. The Hall–Kier alpha value is -3.76. The SMILES string of the molecule is CN(C(=O)NCc1cccc(F)c1)[C@H](COC(=O)Nc1cc2ccccc2cn1)CC(O)CO. The van der Waals surface area contributed by atoms with Crippen molar-refractivity contribution >= 4 is 28.7 Å². The number of nitrogens with one attached hydrogen (secondary N) is 2. The van der Waals surface area contributed by atoms with Gasteiger partial charge in [0.2, 0.25) is 0 Å². The van der Waals surface area contributed by atoms with Crippen molar-refractivity contribution in [2.24, 2.45) is 0 Å². The highest BCUT2D eigenvalue weighted by molar-refractivity contribution is 5.89. The lowest BCUT2D eigenvalue weighted by Crippen LogP contribution is -2.47. The fraction of sp³-hybridized carbons (Fsp3) is 0.292. The maximum atomic E-state index is 13.3.